The lowest BCUT2D eigenvalue weighted by molar-refractivity contribution is -0.117. The number of nitrogens with zero attached hydrogens (tertiary/aromatic N) is 1. The summed E-state index contributed by atoms with van der Waals surface area (Å²) in [5.74, 6) is -0.424. The van der Waals surface area contributed by atoms with Crippen LogP contribution in [0.1, 0.15) is 17.9 Å². The van der Waals surface area contributed by atoms with Gasteiger partial charge in [-0.15, -0.1) is 0 Å². The van der Waals surface area contributed by atoms with Gasteiger partial charge in [0.15, 0.2) is 0 Å². The van der Waals surface area contributed by atoms with E-state index in [0.717, 1.165) is 16.4 Å². The number of hydrogen-bond donors (Lipinski definition) is 1. The summed E-state index contributed by atoms with van der Waals surface area (Å²) in [5.41, 5.74) is 5.36. The van der Waals surface area contributed by atoms with Crippen LogP contribution in [0.2, 0.25) is 0 Å². The minimum absolute atomic E-state index is 0.00351. The fourth-order valence-electron chi connectivity index (χ4n) is 2.19. The summed E-state index contributed by atoms with van der Waals surface area (Å²) < 4.78 is 45.2. The molecule has 1 aromatic carbocycles. The van der Waals surface area contributed by atoms with Crippen molar-refractivity contribution in [1.29, 1.82) is 0 Å². The van der Waals surface area contributed by atoms with Crippen molar-refractivity contribution >= 4 is 21.6 Å². The number of anilines is 1. The number of rotatable bonds is 6. The molecule has 1 aromatic heterocycles. The topological polar surface area (TPSA) is 93.6 Å². The minimum atomic E-state index is -3.96. The van der Waals surface area contributed by atoms with Gasteiger partial charge in [0, 0.05) is 19.0 Å². The largest absolute Gasteiger partial charge is 0.465 e. The predicted molar refractivity (Wildman–Crippen MR) is 82.9 cm³/mol. The summed E-state index contributed by atoms with van der Waals surface area (Å²) >= 11 is 0. The molecule has 0 spiro atoms. The third-order valence-electron chi connectivity index (χ3n) is 3.24. The van der Waals surface area contributed by atoms with Gasteiger partial charge in [-0.25, -0.2) is 12.8 Å². The van der Waals surface area contributed by atoms with E-state index < -0.39 is 21.7 Å². The molecule has 6 nitrogen and oxygen atoms in total. The summed E-state index contributed by atoms with van der Waals surface area (Å²) in [6, 6.07) is 6.36. The van der Waals surface area contributed by atoms with E-state index in [1.165, 1.54) is 25.1 Å². The van der Waals surface area contributed by atoms with Gasteiger partial charge in [0.25, 0.3) is 10.0 Å². The smallest absolute Gasteiger partial charge is 0.267 e. The molecule has 0 atom stereocenters. The van der Waals surface area contributed by atoms with Crippen LogP contribution in [-0.4, -0.2) is 20.9 Å². The lowest BCUT2D eigenvalue weighted by Crippen LogP contribution is -2.34. The number of halogens is 1. The number of amides is 1. The van der Waals surface area contributed by atoms with Gasteiger partial charge in [-0.05, 0) is 38.1 Å². The molecule has 0 radical (unpaired) electrons. The Labute approximate surface area is 133 Å². The van der Waals surface area contributed by atoms with Crippen LogP contribution in [0, 0.1) is 19.7 Å². The summed E-state index contributed by atoms with van der Waals surface area (Å²) in [4.78, 5) is 11.0. The van der Waals surface area contributed by atoms with Crippen LogP contribution in [0.4, 0.5) is 10.1 Å². The van der Waals surface area contributed by atoms with Gasteiger partial charge in [0.05, 0.1) is 5.69 Å². The molecule has 2 N–H and O–H groups in total. The fraction of sp³-hybridized carbons (Fsp3) is 0.267. The number of primary amides is 1. The van der Waals surface area contributed by atoms with Crippen molar-refractivity contribution in [2.24, 2.45) is 5.73 Å². The summed E-state index contributed by atoms with van der Waals surface area (Å²) in [5, 5.41) is 0. The van der Waals surface area contributed by atoms with Crippen molar-refractivity contribution in [2.75, 3.05) is 10.8 Å². The molecule has 0 fully saturated rings. The Morgan fingerprint density at radius 3 is 2.35 bits per heavy atom. The normalized spacial score (nSPS) is 11.4. The van der Waals surface area contributed by atoms with Gasteiger partial charge >= 0.3 is 0 Å². The Morgan fingerprint density at radius 1 is 1.26 bits per heavy atom. The van der Waals surface area contributed by atoms with E-state index in [0.29, 0.717) is 5.76 Å². The standard InChI is InChI=1S/C15H17FN2O4S/c1-10-9-14(11(2)22-10)23(20,21)18(8-7-15(17)19)13-5-3-12(16)4-6-13/h3-6,9H,7-8H2,1-2H3,(H2,17,19). The Morgan fingerprint density at radius 2 is 1.87 bits per heavy atom. The fourth-order valence-corrected chi connectivity index (χ4v) is 3.88. The van der Waals surface area contributed by atoms with Crippen molar-refractivity contribution in [3.05, 3.63) is 47.7 Å². The van der Waals surface area contributed by atoms with Gasteiger partial charge in [-0.2, -0.15) is 0 Å². The molecule has 0 aliphatic carbocycles. The molecule has 124 valence electrons. The first-order valence-corrected chi connectivity index (χ1v) is 8.29. The van der Waals surface area contributed by atoms with Crippen LogP contribution in [0.15, 0.2) is 39.6 Å². The molecule has 2 rings (SSSR count). The average Bonchev–Trinajstić information content (AvgIpc) is 2.80. The average molecular weight is 340 g/mol. The molecule has 23 heavy (non-hydrogen) atoms. The highest BCUT2D eigenvalue weighted by molar-refractivity contribution is 7.92. The second-order valence-electron chi connectivity index (χ2n) is 5.05. The van der Waals surface area contributed by atoms with E-state index in [4.69, 9.17) is 10.2 Å². The van der Waals surface area contributed by atoms with Crippen molar-refractivity contribution in [1.82, 2.24) is 0 Å². The number of nitrogens with two attached hydrogens (primary N) is 1. The van der Waals surface area contributed by atoms with Gasteiger partial charge in [0.1, 0.15) is 22.2 Å². The number of carbonyl (C=O) groups is 1. The monoisotopic (exact) mass is 340 g/mol. The van der Waals surface area contributed by atoms with Crippen LogP contribution in [0.3, 0.4) is 0 Å². The Balaban J connectivity index is 2.49. The lowest BCUT2D eigenvalue weighted by atomic mass is 10.3. The van der Waals surface area contributed by atoms with Crippen LogP contribution < -0.4 is 10.0 Å². The first-order valence-electron chi connectivity index (χ1n) is 6.85. The molecule has 0 aliphatic heterocycles. The molecular weight excluding hydrogens is 323 g/mol. The first kappa shape index (κ1) is 17.0. The molecule has 0 aliphatic rings. The quantitative estimate of drug-likeness (QED) is 0.871. The van der Waals surface area contributed by atoms with Crippen molar-refractivity contribution < 1.29 is 22.0 Å². The molecule has 1 heterocycles. The molecule has 8 heteroatoms. The minimum Gasteiger partial charge on any atom is -0.465 e. The third-order valence-corrected chi connectivity index (χ3v) is 5.17. The predicted octanol–water partition coefficient (Wildman–Crippen LogP) is 2.11. The van der Waals surface area contributed by atoms with Gasteiger partial charge in [-0.1, -0.05) is 0 Å². The van der Waals surface area contributed by atoms with E-state index >= 15 is 0 Å². The van der Waals surface area contributed by atoms with E-state index in [1.807, 2.05) is 0 Å². The summed E-state index contributed by atoms with van der Waals surface area (Å²) in [6.45, 7) is 3.03. The van der Waals surface area contributed by atoms with Crippen LogP contribution in [-0.2, 0) is 14.8 Å². The van der Waals surface area contributed by atoms with Gasteiger partial charge in [0.2, 0.25) is 5.91 Å². The number of hydrogen-bond acceptors (Lipinski definition) is 4. The van der Waals surface area contributed by atoms with E-state index in [2.05, 4.69) is 0 Å². The highest BCUT2D eigenvalue weighted by Crippen LogP contribution is 2.28. The molecule has 1 amide bonds. The van der Waals surface area contributed by atoms with Crippen molar-refractivity contribution in [3.8, 4) is 0 Å². The SMILES string of the molecule is Cc1cc(S(=O)(=O)N(CCC(N)=O)c2ccc(F)cc2)c(C)o1. The van der Waals surface area contributed by atoms with Crippen molar-refractivity contribution in [3.63, 3.8) is 0 Å². The van der Waals surface area contributed by atoms with E-state index in [9.17, 15) is 17.6 Å². The Kier molecular flexibility index (Phi) is 4.74. The molecule has 0 saturated carbocycles. The third kappa shape index (κ3) is 3.70. The Hall–Kier alpha value is -2.35. The maximum Gasteiger partial charge on any atom is 0.267 e. The summed E-state index contributed by atoms with van der Waals surface area (Å²) in [6.07, 6.45) is -0.160. The first-order chi connectivity index (χ1) is 10.7. The van der Waals surface area contributed by atoms with Crippen molar-refractivity contribution in [2.45, 2.75) is 25.2 Å². The molecule has 0 bridgehead atoms. The number of benzene rings is 1. The number of carbonyl (C=O) groups excluding carboxylic acids is 1. The maximum atomic E-state index is 13.1. The van der Waals surface area contributed by atoms with Crippen LogP contribution in [0.25, 0.3) is 0 Å². The number of aryl methyl sites for hydroxylation is 2. The molecule has 0 unspecified atom stereocenters. The number of furan rings is 1. The van der Waals surface area contributed by atoms with Crippen LogP contribution in [0.5, 0.6) is 0 Å². The molecule has 2 aromatic rings. The highest BCUT2D eigenvalue weighted by atomic mass is 32.2. The van der Waals surface area contributed by atoms with Crippen LogP contribution >= 0.6 is 0 Å². The summed E-state index contributed by atoms with van der Waals surface area (Å²) in [7, 11) is -3.96. The number of sulfonamides is 1. The molecular formula is C15H17FN2O4S. The van der Waals surface area contributed by atoms with Gasteiger partial charge in [-0.3, -0.25) is 9.10 Å². The zero-order valence-electron chi connectivity index (χ0n) is 12.7. The molecule has 0 saturated heterocycles. The maximum absolute atomic E-state index is 13.1. The zero-order valence-corrected chi connectivity index (χ0v) is 13.6. The van der Waals surface area contributed by atoms with Gasteiger partial charge < -0.3 is 10.2 Å². The van der Waals surface area contributed by atoms with E-state index in [-0.39, 0.29) is 29.3 Å². The second kappa shape index (κ2) is 6.41. The zero-order chi connectivity index (χ0) is 17.2. The highest BCUT2D eigenvalue weighted by Gasteiger charge is 2.29. The lowest BCUT2D eigenvalue weighted by Gasteiger charge is -2.23. The second-order valence-corrected chi connectivity index (χ2v) is 6.88. The van der Waals surface area contributed by atoms with E-state index in [1.54, 1.807) is 6.92 Å². The Bertz CT molecular complexity index is 813.